The van der Waals surface area contributed by atoms with Gasteiger partial charge in [0.2, 0.25) is 15.7 Å². The molecule has 0 unspecified atom stereocenters. The Kier molecular flexibility index (Phi) is 6.77. The predicted molar refractivity (Wildman–Crippen MR) is 115 cm³/mol. The number of nitrogens with two attached hydrogens (primary N) is 1. The molecule has 0 spiro atoms. The number of thioether (sulfide) groups is 1. The summed E-state index contributed by atoms with van der Waals surface area (Å²) in [7, 11) is -4.02. The summed E-state index contributed by atoms with van der Waals surface area (Å²) in [5.74, 6) is -1.07. The fraction of sp³-hybridized carbons (Fsp3) is 0.158. The fourth-order valence-electron chi connectivity index (χ4n) is 2.78. The summed E-state index contributed by atoms with van der Waals surface area (Å²) in [6.07, 6.45) is -3.02. The van der Waals surface area contributed by atoms with Gasteiger partial charge >= 0.3 is 6.18 Å². The Bertz CT molecular complexity index is 1260. The maximum atomic E-state index is 13.0. The van der Waals surface area contributed by atoms with Gasteiger partial charge in [-0.3, -0.25) is 4.79 Å². The van der Waals surface area contributed by atoms with Crippen molar-refractivity contribution < 1.29 is 26.4 Å². The molecular formula is C19H16ClF3N4O3S2. The number of anilines is 2. The van der Waals surface area contributed by atoms with E-state index in [1.54, 1.807) is 24.5 Å². The maximum absolute atomic E-state index is 13.0. The second-order valence-electron chi connectivity index (χ2n) is 6.44. The predicted octanol–water partition coefficient (Wildman–Crippen LogP) is 4.33. The summed E-state index contributed by atoms with van der Waals surface area (Å²) in [4.78, 5) is 12.2. The smallest absolute Gasteiger partial charge is 0.383 e. The molecule has 0 aliphatic rings. The second-order valence-corrected chi connectivity index (χ2v) is 9.53. The van der Waals surface area contributed by atoms with Crippen LogP contribution in [0.1, 0.15) is 5.56 Å². The van der Waals surface area contributed by atoms with Crippen molar-refractivity contribution >= 4 is 50.6 Å². The minimum absolute atomic E-state index is 0.00162. The van der Waals surface area contributed by atoms with Crippen LogP contribution in [-0.4, -0.2) is 30.4 Å². The van der Waals surface area contributed by atoms with Gasteiger partial charge < -0.3 is 11.1 Å². The normalized spacial score (nSPS) is 12.0. The lowest BCUT2D eigenvalue weighted by Gasteiger charge is -2.12. The van der Waals surface area contributed by atoms with Gasteiger partial charge in [-0.1, -0.05) is 29.8 Å². The minimum Gasteiger partial charge on any atom is -0.383 e. The lowest BCUT2D eigenvalue weighted by Crippen LogP contribution is -2.21. The number of carbonyl (C=O) groups is 1. The summed E-state index contributed by atoms with van der Waals surface area (Å²) in [6.45, 7) is -0.545. The van der Waals surface area contributed by atoms with Crippen molar-refractivity contribution in [3.8, 4) is 0 Å². The third kappa shape index (κ3) is 4.87. The number of rotatable bonds is 6. The highest BCUT2D eigenvalue weighted by Gasteiger charge is 2.32. The van der Waals surface area contributed by atoms with E-state index in [4.69, 9.17) is 17.3 Å². The highest BCUT2D eigenvalue weighted by Crippen LogP contribution is 2.35. The van der Waals surface area contributed by atoms with Gasteiger partial charge in [0.05, 0.1) is 21.2 Å². The Labute approximate surface area is 190 Å². The first kappa shape index (κ1) is 24.0. The van der Waals surface area contributed by atoms with Gasteiger partial charge in [-0.15, -0.1) is 11.8 Å². The minimum atomic E-state index is -4.62. The number of alkyl halides is 3. The Balaban J connectivity index is 1.91. The number of amides is 1. The molecule has 0 saturated carbocycles. The Hall–Kier alpha value is -2.70. The van der Waals surface area contributed by atoms with E-state index in [1.165, 1.54) is 12.1 Å². The first-order valence-electron chi connectivity index (χ1n) is 8.82. The van der Waals surface area contributed by atoms with Crippen LogP contribution in [0.2, 0.25) is 5.02 Å². The molecule has 3 aromatic rings. The van der Waals surface area contributed by atoms with Crippen LogP contribution < -0.4 is 11.1 Å². The van der Waals surface area contributed by atoms with E-state index >= 15 is 0 Å². The van der Waals surface area contributed by atoms with Crippen LogP contribution in [0.4, 0.5) is 24.7 Å². The molecule has 0 aliphatic heterocycles. The van der Waals surface area contributed by atoms with Crippen molar-refractivity contribution in [2.45, 2.75) is 27.5 Å². The molecule has 0 fully saturated rings. The number of nitrogens with zero attached hydrogens (tertiary/aromatic N) is 2. The van der Waals surface area contributed by atoms with E-state index in [0.29, 0.717) is 6.07 Å². The van der Waals surface area contributed by atoms with Crippen molar-refractivity contribution in [3.63, 3.8) is 0 Å². The highest BCUT2D eigenvalue weighted by molar-refractivity contribution is 7.99. The Morgan fingerprint density at radius 1 is 1.22 bits per heavy atom. The first-order valence-corrected chi connectivity index (χ1v) is 11.9. The van der Waals surface area contributed by atoms with Crippen LogP contribution in [0.25, 0.3) is 0 Å². The van der Waals surface area contributed by atoms with Crippen LogP contribution in [0.5, 0.6) is 0 Å². The van der Waals surface area contributed by atoms with E-state index in [1.807, 2.05) is 0 Å². The fourth-order valence-corrected chi connectivity index (χ4v) is 5.40. The molecular weight excluding hydrogens is 489 g/mol. The standard InChI is InChI=1S/C19H16ClF3N4O3S2/c1-31-18-16(32(29,30)12-5-3-2-4-6-12)17(24)27(26-18)10-15(28)25-14-9-11(19(21,22)23)7-8-13(14)20/h2-9H,10,24H2,1H3,(H,25,28). The lowest BCUT2D eigenvalue weighted by atomic mass is 10.2. The molecule has 7 nitrogen and oxygen atoms in total. The van der Waals surface area contributed by atoms with Crippen LogP contribution in [0.15, 0.2) is 63.3 Å². The zero-order valence-corrected chi connectivity index (χ0v) is 18.7. The number of hydrogen-bond acceptors (Lipinski definition) is 6. The van der Waals surface area contributed by atoms with Gasteiger partial charge in [0, 0.05) is 0 Å². The molecule has 0 radical (unpaired) electrons. The van der Waals surface area contributed by atoms with Crippen LogP contribution >= 0.6 is 23.4 Å². The average Bonchev–Trinajstić information content (AvgIpc) is 3.05. The number of benzene rings is 2. The number of aromatic nitrogens is 2. The van der Waals surface area contributed by atoms with Gasteiger partial charge in [-0.2, -0.15) is 18.3 Å². The molecule has 0 atom stereocenters. The zero-order valence-electron chi connectivity index (χ0n) is 16.4. The Morgan fingerprint density at radius 3 is 2.47 bits per heavy atom. The second kappa shape index (κ2) is 9.04. The van der Waals surface area contributed by atoms with E-state index in [2.05, 4.69) is 10.4 Å². The molecule has 170 valence electrons. The van der Waals surface area contributed by atoms with Gasteiger partial charge in [-0.25, -0.2) is 13.1 Å². The summed E-state index contributed by atoms with van der Waals surface area (Å²) in [5.41, 5.74) is 4.77. The number of halogens is 4. The molecule has 3 rings (SSSR count). The van der Waals surface area contributed by atoms with E-state index < -0.39 is 34.0 Å². The molecule has 0 aliphatic carbocycles. The molecule has 0 saturated heterocycles. The van der Waals surface area contributed by atoms with Crippen molar-refractivity contribution in [1.29, 1.82) is 0 Å². The molecule has 3 N–H and O–H groups in total. The Morgan fingerprint density at radius 2 is 1.88 bits per heavy atom. The summed E-state index contributed by atoms with van der Waals surface area (Å²) in [5, 5.41) is 6.33. The quantitative estimate of drug-likeness (QED) is 0.484. The largest absolute Gasteiger partial charge is 0.416 e. The number of carbonyl (C=O) groups excluding carboxylic acids is 1. The third-order valence-electron chi connectivity index (χ3n) is 4.29. The topological polar surface area (TPSA) is 107 Å². The van der Waals surface area contributed by atoms with Gasteiger partial charge in [0.25, 0.3) is 0 Å². The molecule has 0 bridgehead atoms. The summed E-state index contributed by atoms with van der Waals surface area (Å²) >= 11 is 6.91. The molecule has 1 aromatic heterocycles. The van der Waals surface area contributed by atoms with Crippen LogP contribution in [0, 0.1) is 0 Å². The van der Waals surface area contributed by atoms with Crippen LogP contribution in [0.3, 0.4) is 0 Å². The highest BCUT2D eigenvalue weighted by atomic mass is 35.5. The number of sulfone groups is 1. The maximum Gasteiger partial charge on any atom is 0.416 e. The van der Waals surface area contributed by atoms with Crippen molar-refractivity contribution in [2.75, 3.05) is 17.3 Å². The number of hydrogen-bond donors (Lipinski definition) is 2. The summed E-state index contributed by atoms with van der Waals surface area (Å²) in [6, 6.07) is 10.1. The molecule has 13 heteroatoms. The average molecular weight is 505 g/mol. The van der Waals surface area contributed by atoms with E-state index in [-0.39, 0.29) is 31.3 Å². The van der Waals surface area contributed by atoms with Gasteiger partial charge in [0.1, 0.15) is 22.3 Å². The molecule has 1 amide bonds. The van der Waals surface area contributed by atoms with Gasteiger partial charge in [-0.05, 0) is 36.6 Å². The SMILES string of the molecule is CSc1nn(CC(=O)Nc2cc(C(F)(F)F)ccc2Cl)c(N)c1S(=O)(=O)c1ccccc1. The number of nitrogen functional groups attached to an aromatic ring is 1. The third-order valence-corrected chi connectivity index (χ3v) is 7.26. The molecule has 2 aromatic carbocycles. The van der Waals surface area contributed by atoms with Crippen molar-refractivity contribution in [2.24, 2.45) is 0 Å². The number of nitrogens with one attached hydrogen (secondary N) is 1. The summed E-state index contributed by atoms with van der Waals surface area (Å²) < 4.78 is 65.8. The van der Waals surface area contributed by atoms with E-state index in [9.17, 15) is 26.4 Å². The van der Waals surface area contributed by atoms with E-state index in [0.717, 1.165) is 28.6 Å². The van der Waals surface area contributed by atoms with Crippen LogP contribution in [-0.2, 0) is 27.4 Å². The van der Waals surface area contributed by atoms with Crippen molar-refractivity contribution in [1.82, 2.24) is 9.78 Å². The van der Waals surface area contributed by atoms with Crippen molar-refractivity contribution in [3.05, 3.63) is 59.1 Å². The van der Waals surface area contributed by atoms with Gasteiger partial charge in [0.15, 0.2) is 0 Å². The molecule has 32 heavy (non-hydrogen) atoms. The lowest BCUT2D eigenvalue weighted by molar-refractivity contribution is -0.137. The first-order chi connectivity index (χ1) is 14.9. The monoisotopic (exact) mass is 504 g/mol. The molecule has 1 heterocycles. The zero-order chi connectivity index (χ0) is 23.7.